The van der Waals surface area contributed by atoms with E-state index in [-0.39, 0.29) is 0 Å². The summed E-state index contributed by atoms with van der Waals surface area (Å²) in [7, 11) is 0. The van der Waals surface area contributed by atoms with Crippen molar-refractivity contribution in [1.29, 1.82) is 0 Å². The van der Waals surface area contributed by atoms with Crippen LogP contribution in [-0.4, -0.2) is 15.0 Å². The monoisotopic (exact) mass is 1010 g/mol. The average molecular weight is 1010 g/mol. The number of aromatic nitrogens is 3. The minimum Gasteiger partial charge on any atom is -0.455 e. The molecule has 0 saturated carbocycles. The maximum Gasteiger partial charge on any atom is 0.164 e. The topological polar surface area (TPSA) is 51.8 Å². The Bertz CT molecular complexity index is 4470. The van der Waals surface area contributed by atoms with Gasteiger partial charge in [-0.05, 0) is 132 Å². The van der Waals surface area contributed by atoms with Gasteiger partial charge < -0.3 is 4.42 Å². The number of fused-ring (bicyclic) bond motifs is 3. The first-order chi connectivity index (χ1) is 39.1. The normalized spacial score (nSPS) is 11.3. The Morgan fingerprint density at radius 2 is 0.557 bits per heavy atom. The van der Waals surface area contributed by atoms with Gasteiger partial charge >= 0.3 is 0 Å². The third-order valence-electron chi connectivity index (χ3n) is 15.0. The van der Waals surface area contributed by atoms with E-state index in [1.807, 2.05) is 36.4 Å². The molecule has 370 valence electrons. The molecule has 0 saturated heterocycles. The average Bonchev–Trinajstić information content (AvgIpc) is 4.00. The molecule has 0 aliphatic rings. The molecule has 14 rings (SSSR count). The Balaban J connectivity index is 0.912. The number of benzene rings is 12. The molecule has 2 aromatic heterocycles. The summed E-state index contributed by atoms with van der Waals surface area (Å²) in [6, 6.07) is 105. The molecule has 0 bridgehead atoms. The maximum absolute atomic E-state index is 6.78. The highest BCUT2D eigenvalue weighted by Crippen LogP contribution is 2.46. The van der Waals surface area contributed by atoms with E-state index in [9.17, 15) is 0 Å². The molecule has 0 spiro atoms. The number of furan rings is 1. The molecular weight excluding hydrogens is 959 g/mol. The van der Waals surface area contributed by atoms with E-state index in [2.05, 4.69) is 261 Å². The molecule has 0 unspecified atom stereocenters. The molecule has 0 aliphatic carbocycles. The standard InChI is InChI=1S/C75H49N3O/c1-7-21-50(22-8-1)53-35-39-56(40-36-53)64-43-44-66(71-65-33-19-20-34-69(65)79-72(64)71)75-77-73(58-31-17-6-18-32-58)76-74(78-75)59-41-37-54(38-42-59)61-45-60(51-23-9-2-10-24-51)46-63(47-61)68-49-62(52-25-11-3-12-26-52)48-67(55-27-13-4-14-28-55)70(68)57-29-15-5-16-30-57/h1-49H. The van der Waals surface area contributed by atoms with Crippen LogP contribution in [0.4, 0.5) is 0 Å². The fraction of sp³-hybridized carbons (Fsp3) is 0. The summed E-state index contributed by atoms with van der Waals surface area (Å²) in [4.78, 5) is 15.8. The van der Waals surface area contributed by atoms with E-state index in [1.54, 1.807) is 0 Å². The van der Waals surface area contributed by atoms with Crippen LogP contribution in [0.5, 0.6) is 0 Å². The minimum atomic E-state index is 0.567. The van der Waals surface area contributed by atoms with E-state index in [0.717, 1.165) is 111 Å². The lowest BCUT2D eigenvalue weighted by molar-refractivity contribution is 0.670. The largest absolute Gasteiger partial charge is 0.455 e. The first kappa shape index (κ1) is 46.9. The highest BCUT2D eigenvalue weighted by molar-refractivity contribution is 6.16. The van der Waals surface area contributed by atoms with Crippen molar-refractivity contribution in [2.45, 2.75) is 0 Å². The van der Waals surface area contributed by atoms with Gasteiger partial charge in [-0.15, -0.1) is 0 Å². The van der Waals surface area contributed by atoms with Gasteiger partial charge in [-0.1, -0.05) is 249 Å². The van der Waals surface area contributed by atoms with Crippen LogP contribution in [0, 0.1) is 0 Å². The smallest absolute Gasteiger partial charge is 0.164 e. The number of hydrogen-bond donors (Lipinski definition) is 0. The number of hydrogen-bond acceptors (Lipinski definition) is 4. The zero-order chi connectivity index (χ0) is 52.5. The third kappa shape index (κ3) is 9.18. The van der Waals surface area contributed by atoms with Crippen LogP contribution in [-0.2, 0) is 0 Å². The molecule has 0 fully saturated rings. The van der Waals surface area contributed by atoms with Crippen molar-refractivity contribution < 1.29 is 4.42 Å². The Labute approximate surface area is 459 Å². The maximum atomic E-state index is 6.78. The number of para-hydroxylation sites is 1. The number of nitrogens with zero attached hydrogens (tertiary/aromatic N) is 3. The summed E-state index contributed by atoms with van der Waals surface area (Å²) < 4.78 is 6.78. The minimum absolute atomic E-state index is 0.567. The first-order valence-corrected chi connectivity index (χ1v) is 26.7. The van der Waals surface area contributed by atoms with E-state index in [4.69, 9.17) is 19.4 Å². The van der Waals surface area contributed by atoms with Crippen LogP contribution < -0.4 is 0 Å². The highest BCUT2D eigenvalue weighted by Gasteiger charge is 2.22. The van der Waals surface area contributed by atoms with Gasteiger partial charge in [0.25, 0.3) is 0 Å². The highest BCUT2D eigenvalue weighted by atomic mass is 16.3. The summed E-state index contributed by atoms with van der Waals surface area (Å²) in [5, 5.41) is 1.96. The molecule has 2 heterocycles. The van der Waals surface area contributed by atoms with Gasteiger partial charge in [0, 0.05) is 33.0 Å². The second kappa shape index (κ2) is 20.5. The fourth-order valence-corrected chi connectivity index (χ4v) is 11.0. The van der Waals surface area contributed by atoms with Gasteiger partial charge in [0.05, 0.1) is 0 Å². The zero-order valence-corrected chi connectivity index (χ0v) is 43.0. The van der Waals surface area contributed by atoms with Crippen molar-refractivity contribution in [3.05, 3.63) is 297 Å². The summed E-state index contributed by atoms with van der Waals surface area (Å²) in [6.07, 6.45) is 0. The molecule has 79 heavy (non-hydrogen) atoms. The van der Waals surface area contributed by atoms with Crippen LogP contribution in [0.2, 0.25) is 0 Å². The van der Waals surface area contributed by atoms with E-state index < -0.39 is 0 Å². The van der Waals surface area contributed by atoms with Crippen molar-refractivity contribution in [2.24, 2.45) is 0 Å². The van der Waals surface area contributed by atoms with Crippen LogP contribution in [0.25, 0.3) is 145 Å². The van der Waals surface area contributed by atoms with E-state index in [1.165, 1.54) is 16.7 Å². The number of rotatable bonds is 11. The Kier molecular flexibility index (Phi) is 12.2. The van der Waals surface area contributed by atoms with Gasteiger partial charge in [-0.3, -0.25) is 0 Å². The fourth-order valence-electron chi connectivity index (χ4n) is 11.0. The lowest BCUT2D eigenvalue weighted by Gasteiger charge is -2.20. The second-order valence-electron chi connectivity index (χ2n) is 19.9. The van der Waals surface area contributed by atoms with Gasteiger partial charge in [-0.2, -0.15) is 0 Å². The molecule has 0 atom stereocenters. The van der Waals surface area contributed by atoms with Gasteiger partial charge in [0.15, 0.2) is 17.5 Å². The second-order valence-corrected chi connectivity index (χ2v) is 19.9. The molecule has 12 aromatic carbocycles. The van der Waals surface area contributed by atoms with Crippen molar-refractivity contribution in [3.8, 4) is 123 Å². The summed E-state index contributed by atoms with van der Waals surface area (Å²) >= 11 is 0. The van der Waals surface area contributed by atoms with Crippen molar-refractivity contribution in [2.75, 3.05) is 0 Å². The van der Waals surface area contributed by atoms with Gasteiger partial charge in [-0.25, -0.2) is 15.0 Å². The summed E-state index contributed by atoms with van der Waals surface area (Å²) in [5.74, 6) is 1.74. The van der Waals surface area contributed by atoms with Crippen LogP contribution in [0.1, 0.15) is 0 Å². The molecule has 4 heteroatoms. The summed E-state index contributed by atoms with van der Waals surface area (Å²) in [6.45, 7) is 0. The van der Waals surface area contributed by atoms with Crippen LogP contribution >= 0.6 is 0 Å². The molecule has 14 aromatic rings. The Morgan fingerprint density at radius 1 is 0.215 bits per heavy atom. The predicted molar refractivity (Wildman–Crippen MR) is 327 cm³/mol. The SMILES string of the molecule is c1ccc(-c2ccc(-c3ccc(-c4nc(-c5ccccc5)nc(-c5ccc(-c6cc(-c7ccccc7)cc(-c7cc(-c8ccccc8)cc(-c8ccccc8)c7-c7ccccc7)c6)cc5)n4)c4c3oc3ccccc34)cc2)cc1. The molecule has 0 radical (unpaired) electrons. The lowest BCUT2D eigenvalue weighted by atomic mass is 9.83. The van der Waals surface area contributed by atoms with Gasteiger partial charge in [0.2, 0.25) is 0 Å². The predicted octanol–water partition coefficient (Wildman–Crippen LogP) is 20.1. The zero-order valence-electron chi connectivity index (χ0n) is 43.0. The Morgan fingerprint density at radius 3 is 1.11 bits per heavy atom. The summed E-state index contributed by atoms with van der Waals surface area (Å²) in [5.41, 5.74) is 22.4. The van der Waals surface area contributed by atoms with E-state index >= 15 is 0 Å². The van der Waals surface area contributed by atoms with Gasteiger partial charge in [0.1, 0.15) is 11.2 Å². The molecule has 4 nitrogen and oxygen atoms in total. The molecule has 0 amide bonds. The van der Waals surface area contributed by atoms with Crippen LogP contribution in [0.15, 0.2) is 302 Å². The lowest BCUT2D eigenvalue weighted by Crippen LogP contribution is -2.00. The van der Waals surface area contributed by atoms with Crippen molar-refractivity contribution in [1.82, 2.24) is 15.0 Å². The van der Waals surface area contributed by atoms with E-state index in [0.29, 0.717) is 17.5 Å². The Hall–Kier alpha value is -10.6. The van der Waals surface area contributed by atoms with Crippen LogP contribution in [0.3, 0.4) is 0 Å². The first-order valence-electron chi connectivity index (χ1n) is 26.7. The third-order valence-corrected chi connectivity index (χ3v) is 15.0. The quantitative estimate of drug-likeness (QED) is 0.130. The van der Waals surface area contributed by atoms with Crippen molar-refractivity contribution in [3.63, 3.8) is 0 Å². The molecular formula is C75H49N3O. The molecule has 0 N–H and O–H groups in total. The molecule has 0 aliphatic heterocycles. The van der Waals surface area contributed by atoms with Crippen molar-refractivity contribution >= 4 is 21.9 Å².